The molecular weight excluding hydrogens is 347 g/mol. The highest BCUT2D eigenvalue weighted by atomic mass is 35.5. The first-order valence-corrected chi connectivity index (χ1v) is 7.52. The topological polar surface area (TPSA) is 71.2 Å². The molecule has 1 aromatic heterocycles. The molecule has 1 amide bonds. The molecule has 0 unspecified atom stereocenters. The summed E-state index contributed by atoms with van der Waals surface area (Å²) in [4.78, 5) is 18.8. The molecule has 5 nitrogen and oxygen atoms in total. The molecule has 2 aromatic rings. The molecule has 0 aliphatic heterocycles. The van der Waals surface area contributed by atoms with Gasteiger partial charge in [0.25, 0.3) is 5.91 Å². The van der Waals surface area contributed by atoms with Gasteiger partial charge in [-0.2, -0.15) is 0 Å². The van der Waals surface area contributed by atoms with Crippen LogP contribution in [0, 0.1) is 0 Å². The van der Waals surface area contributed by atoms with Crippen LogP contribution in [-0.2, 0) is 0 Å². The van der Waals surface area contributed by atoms with Crippen molar-refractivity contribution in [2.45, 2.75) is 20.3 Å². The van der Waals surface area contributed by atoms with Gasteiger partial charge < -0.3 is 16.0 Å². The van der Waals surface area contributed by atoms with Crippen LogP contribution in [0.3, 0.4) is 0 Å². The Bertz CT molecular complexity index is 635. The van der Waals surface area contributed by atoms with Crippen LogP contribution in [0.1, 0.15) is 30.6 Å². The Morgan fingerprint density at radius 3 is 2.42 bits per heavy atom. The van der Waals surface area contributed by atoms with E-state index < -0.39 is 0 Å². The Kier molecular flexibility index (Phi) is 9.85. The van der Waals surface area contributed by atoms with E-state index in [4.69, 9.17) is 5.73 Å². The summed E-state index contributed by atoms with van der Waals surface area (Å²) in [7, 11) is 0. The van der Waals surface area contributed by atoms with Crippen LogP contribution < -0.4 is 16.0 Å². The van der Waals surface area contributed by atoms with Crippen LogP contribution in [0.15, 0.2) is 42.6 Å². The van der Waals surface area contributed by atoms with Crippen molar-refractivity contribution in [3.8, 4) is 0 Å². The Balaban J connectivity index is 0.00000264. The van der Waals surface area contributed by atoms with Crippen LogP contribution in [0.4, 0.5) is 17.2 Å². The molecule has 24 heavy (non-hydrogen) atoms. The summed E-state index contributed by atoms with van der Waals surface area (Å²) in [5.74, 6) is 0.676. The van der Waals surface area contributed by atoms with E-state index in [-0.39, 0.29) is 30.7 Å². The molecule has 0 atom stereocenters. The van der Waals surface area contributed by atoms with Crippen LogP contribution in [0.25, 0.3) is 0 Å². The number of anilines is 3. The molecule has 0 saturated heterocycles. The number of pyridine rings is 1. The fourth-order valence-corrected chi connectivity index (χ4v) is 2.22. The minimum atomic E-state index is -0.213. The summed E-state index contributed by atoms with van der Waals surface area (Å²) in [5, 5.41) is 2.80. The number of nitrogens with zero attached hydrogens (tertiary/aromatic N) is 2. The molecule has 3 N–H and O–H groups in total. The summed E-state index contributed by atoms with van der Waals surface area (Å²) in [6, 6.07) is 10.8. The second-order valence-electron chi connectivity index (χ2n) is 5.03. The van der Waals surface area contributed by atoms with Gasteiger partial charge in [-0.15, -0.1) is 24.8 Å². The van der Waals surface area contributed by atoms with E-state index in [9.17, 15) is 4.79 Å². The van der Waals surface area contributed by atoms with Gasteiger partial charge in [0.2, 0.25) is 0 Å². The van der Waals surface area contributed by atoms with Crippen molar-refractivity contribution < 1.29 is 4.79 Å². The van der Waals surface area contributed by atoms with Gasteiger partial charge >= 0.3 is 0 Å². The number of amides is 1. The number of para-hydroxylation sites is 2. The first kappa shape index (κ1) is 22.0. The van der Waals surface area contributed by atoms with Gasteiger partial charge in [0.05, 0.1) is 16.9 Å². The van der Waals surface area contributed by atoms with E-state index >= 15 is 0 Å². The molecule has 1 heterocycles. The molecule has 0 spiro atoms. The average molecular weight is 371 g/mol. The largest absolute Gasteiger partial charge is 0.397 e. The van der Waals surface area contributed by atoms with Gasteiger partial charge in [-0.25, -0.2) is 4.98 Å². The highest BCUT2D eigenvalue weighted by Crippen LogP contribution is 2.18. The van der Waals surface area contributed by atoms with E-state index in [1.54, 1.807) is 24.4 Å². The van der Waals surface area contributed by atoms with Crippen LogP contribution in [-0.4, -0.2) is 24.0 Å². The Morgan fingerprint density at radius 2 is 1.88 bits per heavy atom. The first-order chi connectivity index (χ1) is 10.7. The van der Waals surface area contributed by atoms with Crippen molar-refractivity contribution >= 4 is 47.9 Å². The van der Waals surface area contributed by atoms with Crippen LogP contribution in [0.2, 0.25) is 0 Å². The number of halogens is 2. The lowest BCUT2D eigenvalue weighted by Gasteiger charge is -2.21. The summed E-state index contributed by atoms with van der Waals surface area (Å²) in [6.07, 6.45) is 2.66. The van der Waals surface area contributed by atoms with Gasteiger partial charge in [-0.3, -0.25) is 4.79 Å². The summed E-state index contributed by atoms with van der Waals surface area (Å²) < 4.78 is 0. The Hall–Kier alpha value is -1.98. The number of carbonyl (C=O) groups excluding carboxylic acids is 1. The third-order valence-electron chi connectivity index (χ3n) is 3.42. The summed E-state index contributed by atoms with van der Waals surface area (Å²) in [6.45, 7) is 6.08. The van der Waals surface area contributed by atoms with Gasteiger partial charge in [0.15, 0.2) is 0 Å². The predicted molar refractivity (Wildman–Crippen MR) is 106 cm³/mol. The second kappa shape index (κ2) is 10.7. The fourth-order valence-electron chi connectivity index (χ4n) is 2.22. The molecule has 0 radical (unpaired) electrons. The van der Waals surface area contributed by atoms with Crippen LogP contribution >= 0.6 is 24.8 Å². The highest BCUT2D eigenvalue weighted by molar-refractivity contribution is 6.05. The van der Waals surface area contributed by atoms with Crippen LogP contribution in [0.5, 0.6) is 0 Å². The summed E-state index contributed by atoms with van der Waals surface area (Å²) in [5.41, 5.74) is 7.49. The maximum absolute atomic E-state index is 12.2. The summed E-state index contributed by atoms with van der Waals surface area (Å²) >= 11 is 0. The zero-order chi connectivity index (χ0) is 15.9. The number of hydrogen-bond donors (Lipinski definition) is 2. The van der Waals surface area contributed by atoms with Gasteiger partial charge in [0.1, 0.15) is 5.82 Å². The molecular formula is C17H24Cl2N4O. The van der Waals surface area contributed by atoms with Gasteiger partial charge in [0, 0.05) is 19.3 Å². The van der Waals surface area contributed by atoms with Crippen molar-refractivity contribution in [1.82, 2.24) is 4.98 Å². The van der Waals surface area contributed by atoms with E-state index in [2.05, 4.69) is 29.0 Å². The number of hydrogen-bond acceptors (Lipinski definition) is 4. The van der Waals surface area contributed by atoms with Crippen molar-refractivity contribution in [1.29, 1.82) is 0 Å². The zero-order valence-corrected chi connectivity index (χ0v) is 15.5. The van der Waals surface area contributed by atoms with E-state index in [1.807, 2.05) is 18.2 Å². The van der Waals surface area contributed by atoms with E-state index in [0.29, 0.717) is 16.9 Å². The third kappa shape index (κ3) is 5.58. The average Bonchev–Trinajstić information content (AvgIpc) is 2.55. The smallest absolute Gasteiger partial charge is 0.257 e. The molecule has 0 fully saturated rings. The van der Waals surface area contributed by atoms with E-state index in [1.165, 1.54) is 0 Å². The third-order valence-corrected chi connectivity index (χ3v) is 3.42. The van der Waals surface area contributed by atoms with Crippen molar-refractivity contribution in [2.75, 3.05) is 29.0 Å². The SMILES string of the molecule is CCCN(CC)c1ccc(C(=O)Nc2ccccc2N)cn1.Cl.Cl. The molecule has 1 aromatic carbocycles. The maximum atomic E-state index is 12.2. The molecule has 0 aliphatic carbocycles. The van der Waals surface area contributed by atoms with Crippen molar-refractivity contribution in [2.24, 2.45) is 0 Å². The number of nitrogen functional groups attached to an aromatic ring is 1. The number of benzene rings is 1. The molecule has 0 bridgehead atoms. The lowest BCUT2D eigenvalue weighted by atomic mass is 10.2. The number of nitrogens with one attached hydrogen (secondary N) is 1. The maximum Gasteiger partial charge on any atom is 0.257 e. The minimum Gasteiger partial charge on any atom is -0.397 e. The Morgan fingerprint density at radius 1 is 1.17 bits per heavy atom. The molecule has 7 heteroatoms. The molecule has 0 saturated carbocycles. The first-order valence-electron chi connectivity index (χ1n) is 7.52. The van der Waals surface area contributed by atoms with Gasteiger partial charge in [-0.05, 0) is 37.6 Å². The molecule has 132 valence electrons. The monoisotopic (exact) mass is 370 g/mol. The highest BCUT2D eigenvalue weighted by Gasteiger charge is 2.10. The minimum absolute atomic E-state index is 0. The standard InChI is InChI=1S/C17H22N4O.2ClH/c1-3-11-21(4-2)16-10-9-13(12-19-16)17(22)20-15-8-6-5-7-14(15)18;;/h5-10,12H,3-4,11,18H2,1-2H3,(H,20,22);2*1H. The second-order valence-corrected chi connectivity index (χ2v) is 5.03. The predicted octanol–water partition coefficient (Wildman–Crippen LogP) is 4.00. The number of nitrogens with two attached hydrogens (primary N) is 1. The fraction of sp³-hybridized carbons (Fsp3) is 0.294. The van der Waals surface area contributed by atoms with Gasteiger partial charge in [-0.1, -0.05) is 19.1 Å². The zero-order valence-electron chi connectivity index (χ0n) is 13.9. The normalized spacial score (nSPS) is 9.42. The lowest BCUT2D eigenvalue weighted by Crippen LogP contribution is -2.24. The molecule has 0 aliphatic rings. The van der Waals surface area contributed by atoms with Crippen molar-refractivity contribution in [3.63, 3.8) is 0 Å². The number of aromatic nitrogens is 1. The number of rotatable bonds is 6. The quantitative estimate of drug-likeness (QED) is 0.753. The number of carbonyl (C=O) groups is 1. The lowest BCUT2D eigenvalue weighted by molar-refractivity contribution is 0.102. The van der Waals surface area contributed by atoms with Crippen molar-refractivity contribution in [3.05, 3.63) is 48.2 Å². The Labute approximate surface area is 155 Å². The van der Waals surface area contributed by atoms with E-state index in [0.717, 1.165) is 25.3 Å². The molecule has 2 rings (SSSR count).